The number of hydrogen-bond acceptors (Lipinski definition) is 3. The first-order chi connectivity index (χ1) is 8.04. The lowest BCUT2D eigenvalue weighted by molar-refractivity contribution is -0.120. The van der Waals surface area contributed by atoms with Crippen LogP contribution in [0.4, 0.5) is 5.69 Å². The van der Waals surface area contributed by atoms with Gasteiger partial charge in [-0.3, -0.25) is 9.59 Å². The number of nitrogens with one attached hydrogen (secondary N) is 1. The standard InChI is InChI=1S/C12H15ClN2O2/c1-2-15-12(17)6-5-11(16)8-3-4-9(13)10(14)7-8/h3-4,7H,2,5-6,14H2,1H3,(H,15,17). The van der Waals surface area contributed by atoms with Gasteiger partial charge in [0.1, 0.15) is 0 Å². The number of nitrogens with two attached hydrogens (primary N) is 1. The van der Waals surface area contributed by atoms with Crippen LogP contribution in [0, 0.1) is 0 Å². The van der Waals surface area contributed by atoms with Gasteiger partial charge in [0.15, 0.2) is 5.78 Å². The van der Waals surface area contributed by atoms with Gasteiger partial charge in [0.05, 0.1) is 10.7 Å². The molecule has 3 N–H and O–H groups in total. The number of Topliss-reactive ketones (excluding diaryl/α,β-unsaturated/α-hetero) is 1. The van der Waals surface area contributed by atoms with Crippen LogP contribution < -0.4 is 11.1 Å². The molecule has 0 saturated carbocycles. The minimum atomic E-state index is -0.122. The van der Waals surface area contributed by atoms with Gasteiger partial charge in [-0.05, 0) is 25.1 Å². The quantitative estimate of drug-likeness (QED) is 0.624. The summed E-state index contributed by atoms with van der Waals surface area (Å²) in [6.07, 6.45) is 0.363. The fourth-order valence-electron chi connectivity index (χ4n) is 1.37. The number of rotatable bonds is 5. The SMILES string of the molecule is CCNC(=O)CCC(=O)c1ccc(Cl)c(N)c1. The first kappa shape index (κ1) is 13.5. The molecular formula is C12H15ClN2O2. The molecule has 1 amide bonds. The summed E-state index contributed by atoms with van der Waals surface area (Å²) in [4.78, 5) is 22.9. The van der Waals surface area contributed by atoms with Crippen molar-refractivity contribution in [3.05, 3.63) is 28.8 Å². The molecule has 1 aromatic carbocycles. The van der Waals surface area contributed by atoms with E-state index in [0.29, 0.717) is 22.8 Å². The van der Waals surface area contributed by atoms with Crippen LogP contribution in [-0.4, -0.2) is 18.2 Å². The first-order valence-electron chi connectivity index (χ1n) is 5.39. The Morgan fingerprint density at radius 3 is 2.65 bits per heavy atom. The lowest BCUT2D eigenvalue weighted by atomic mass is 10.1. The van der Waals surface area contributed by atoms with Gasteiger partial charge in [0.25, 0.3) is 0 Å². The molecule has 0 aliphatic rings. The fraction of sp³-hybridized carbons (Fsp3) is 0.333. The van der Waals surface area contributed by atoms with Crippen LogP contribution in [0.5, 0.6) is 0 Å². The van der Waals surface area contributed by atoms with E-state index in [1.165, 1.54) is 6.07 Å². The van der Waals surface area contributed by atoms with Crippen LogP contribution >= 0.6 is 11.6 Å². The Kier molecular flexibility index (Phi) is 4.97. The molecule has 17 heavy (non-hydrogen) atoms. The second kappa shape index (κ2) is 6.25. The summed E-state index contributed by atoms with van der Waals surface area (Å²) in [5, 5.41) is 3.06. The number of carbonyl (C=O) groups is 2. The fourth-order valence-corrected chi connectivity index (χ4v) is 1.49. The highest BCUT2D eigenvalue weighted by Crippen LogP contribution is 2.20. The molecule has 0 aromatic heterocycles. The number of halogens is 1. The number of amides is 1. The number of anilines is 1. The smallest absolute Gasteiger partial charge is 0.220 e. The molecule has 0 aliphatic heterocycles. The molecule has 92 valence electrons. The van der Waals surface area contributed by atoms with Crippen molar-refractivity contribution in [1.29, 1.82) is 0 Å². The van der Waals surface area contributed by atoms with E-state index in [1.54, 1.807) is 12.1 Å². The van der Waals surface area contributed by atoms with E-state index in [9.17, 15) is 9.59 Å². The molecule has 0 heterocycles. The van der Waals surface area contributed by atoms with Crippen LogP contribution in [-0.2, 0) is 4.79 Å². The average molecular weight is 255 g/mol. The van der Waals surface area contributed by atoms with Gasteiger partial charge in [-0.25, -0.2) is 0 Å². The third kappa shape index (κ3) is 4.07. The van der Waals surface area contributed by atoms with Crippen LogP contribution in [0.15, 0.2) is 18.2 Å². The summed E-state index contributed by atoms with van der Waals surface area (Å²) in [6.45, 7) is 2.40. The first-order valence-corrected chi connectivity index (χ1v) is 5.77. The molecule has 0 atom stereocenters. The van der Waals surface area contributed by atoms with Crippen LogP contribution in [0.1, 0.15) is 30.1 Å². The zero-order chi connectivity index (χ0) is 12.8. The molecule has 4 nitrogen and oxygen atoms in total. The van der Waals surface area contributed by atoms with Gasteiger partial charge in [-0.1, -0.05) is 11.6 Å². The van der Waals surface area contributed by atoms with Crippen molar-refractivity contribution in [2.24, 2.45) is 0 Å². The Balaban J connectivity index is 2.58. The predicted octanol–water partition coefficient (Wildman–Crippen LogP) is 2.02. The topological polar surface area (TPSA) is 72.2 Å². The average Bonchev–Trinajstić information content (AvgIpc) is 2.30. The molecule has 0 radical (unpaired) electrons. The molecule has 5 heteroatoms. The van der Waals surface area contributed by atoms with Crippen LogP contribution in [0.3, 0.4) is 0 Å². The van der Waals surface area contributed by atoms with E-state index in [0.717, 1.165) is 0 Å². The van der Waals surface area contributed by atoms with Gasteiger partial charge in [-0.2, -0.15) is 0 Å². The molecule has 0 aliphatic carbocycles. The van der Waals surface area contributed by atoms with Crippen LogP contribution in [0.25, 0.3) is 0 Å². The Morgan fingerprint density at radius 2 is 2.06 bits per heavy atom. The van der Waals surface area contributed by atoms with E-state index >= 15 is 0 Å². The Morgan fingerprint density at radius 1 is 1.35 bits per heavy atom. The maximum absolute atomic E-state index is 11.7. The van der Waals surface area contributed by atoms with E-state index in [4.69, 9.17) is 17.3 Å². The van der Waals surface area contributed by atoms with Crippen molar-refractivity contribution < 1.29 is 9.59 Å². The summed E-state index contributed by atoms with van der Waals surface area (Å²) in [5.74, 6) is -0.234. The van der Waals surface area contributed by atoms with E-state index in [2.05, 4.69) is 5.32 Å². The number of ketones is 1. The zero-order valence-electron chi connectivity index (χ0n) is 9.63. The summed E-state index contributed by atoms with van der Waals surface area (Å²) >= 11 is 5.75. The minimum Gasteiger partial charge on any atom is -0.398 e. The number of carbonyl (C=O) groups excluding carboxylic acids is 2. The third-order valence-corrected chi connectivity index (χ3v) is 2.62. The summed E-state index contributed by atoms with van der Waals surface area (Å²) in [5.41, 5.74) is 6.45. The summed E-state index contributed by atoms with van der Waals surface area (Å²) in [6, 6.07) is 4.72. The van der Waals surface area contributed by atoms with Gasteiger partial charge in [0, 0.05) is 24.9 Å². The van der Waals surface area contributed by atoms with Crippen molar-refractivity contribution in [3.63, 3.8) is 0 Å². The zero-order valence-corrected chi connectivity index (χ0v) is 10.4. The molecule has 1 rings (SSSR count). The van der Waals surface area contributed by atoms with Gasteiger partial charge in [-0.15, -0.1) is 0 Å². The highest BCUT2D eigenvalue weighted by molar-refractivity contribution is 6.33. The van der Waals surface area contributed by atoms with Gasteiger partial charge in [0.2, 0.25) is 5.91 Å². The van der Waals surface area contributed by atoms with E-state index in [1.807, 2.05) is 6.92 Å². The predicted molar refractivity (Wildman–Crippen MR) is 68.1 cm³/mol. The Bertz CT molecular complexity index is 433. The summed E-state index contributed by atoms with van der Waals surface area (Å²) < 4.78 is 0. The molecule has 1 aromatic rings. The lowest BCUT2D eigenvalue weighted by Gasteiger charge is -2.04. The monoisotopic (exact) mass is 254 g/mol. The van der Waals surface area contributed by atoms with Crippen LogP contribution in [0.2, 0.25) is 5.02 Å². The maximum atomic E-state index is 11.7. The van der Waals surface area contributed by atoms with Gasteiger partial charge >= 0.3 is 0 Å². The van der Waals surface area contributed by atoms with Crippen molar-refractivity contribution in [3.8, 4) is 0 Å². The normalized spacial score (nSPS) is 10.0. The largest absolute Gasteiger partial charge is 0.398 e. The second-order valence-corrected chi connectivity index (χ2v) is 4.02. The molecule has 0 bridgehead atoms. The van der Waals surface area contributed by atoms with Crippen molar-refractivity contribution in [1.82, 2.24) is 5.32 Å². The minimum absolute atomic E-state index is 0.111. The van der Waals surface area contributed by atoms with Crippen molar-refractivity contribution >= 4 is 29.0 Å². The summed E-state index contributed by atoms with van der Waals surface area (Å²) in [7, 11) is 0. The molecule has 0 saturated heterocycles. The van der Waals surface area contributed by atoms with Crippen molar-refractivity contribution in [2.45, 2.75) is 19.8 Å². The number of benzene rings is 1. The highest BCUT2D eigenvalue weighted by atomic mass is 35.5. The molecule has 0 fully saturated rings. The van der Waals surface area contributed by atoms with E-state index < -0.39 is 0 Å². The number of hydrogen-bond donors (Lipinski definition) is 2. The van der Waals surface area contributed by atoms with Gasteiger partial charge < -0.3 is 11.1 Å². The number of nitrogen functional groups attached to an aromatic ring is 1. The third-order valence-electron chi connectivity index (χ3n) is 2.27. The lowest BCUT2D eigenvalue weighted by Crippen LogP contribution is -2.23. The second-order valence-electron chi connectivity index (χ2n) is 3.61. The maximum Gasteiger partial charge on any atom is 0.220 e. The Labute approximate surface area is 105 Å². The molecular weight excluding hydrogens is 240 g/mol. The molecule has 0 spiro atoms. The molecule has 0 unspecified atom stereocenters. The van der Waals surface area contributed by atoms with E-state index in [-0.39, 0.29) is 24.5 Å². The highest BCUT2D eigenvalue weighted by Gasteiger charge is 2.10. The van der Waals surface area contributed by atoms with Crippen molar-refractivity contribution in [2.75, 3.05) is 12.3 Å². The Hall–Kier alpha value is -1.55.